The number of carbonyl (C=O) groups is 1. The summed E-state index contributed by atoms with van der Waals surface area (Å²) in [5.74, 6) is 2.52. The average Bonchev–Trinajstić information content (AvgIpc) is 2.73. The Labute approximate surface area is 98.3 Å². The van der Waals surface area contributed by atoms with Crippen LogP contribution in [-0.4, -0.2) is 5.78 Å². The van der Waals surface area contributed by atoms with E-state index in [4.69, 9.17) is 0 Å². The van der Waals surface area contributed by atoms with E-state index in [0.717, 1.165) is 18.8 Å². The quantitative estimate of drug-likeness (QED) is 0.607. The van der Waals surface area contributed by atoms with E-state index in [1.807, 2.05) is 0 Å². The van der Waals surface area contributed by atoms with Crippen molar-refractivity contribution in [3.05, 3.63) is 11.6 Å². The van der Waals surface area contributed by atoms with Crippen molar-refractivity contribution in [2.75, 3.05) is 0 Å². The molecule has 3 rings (SSSR count). The Morgan fingerprint density at radius 3 is 2.69 bits per heavy atom. The van der Waals surface area contributed by atoms with Crippen LogP contribution >= 0.6 is 0 Å². The lowest BCUT2D eigenvalue weighted by Crippen LogP contribution is -2.40. The Bertz CT molecular complexity index is 390. The first-order chi connectivity index (χ1) is 7.40. The standard InChI is InChI=1S/C15H22O/c1-9-6-5-7-10-12(16)8-11-13(14(11,2)3)15(9,10)4/h7,9,11,13H,5-6,8H2,1-4H3. The molecule has 2 fully saturated rings. The molecule has 3 aliphatic carbocycles. The van der Waals surface area contributed by atoms with Gasteiger partial charge >= 0.3 is 0 Å². The van der Waals surface area contributed by atoms with Gasteiger partial charge in [-0.15, -0.1) is 0 Å². The number of rotatable bonds is 0. The fraction of sp³-hybridized carbons (Fsp3) is 0.800. The number of allylic oxidation sites excluding steroid dienone is 2. The summed E-state index contributed by atoms with van der Waals surface area (Å²) in [5, 5.41) is 0. The smallest absolute Gasteiger partial charge is 0.159 e. The van der Waals surface area contributed by atoms with Crippen molar-refractivity contribution >= 4 is 5.78 Å². The van der Waals surface area contributed by atoms with Crippen molar-refractivity contribution in [3.63, 3.8) is 0 Å². The third-order valence-electron chi connectivity index (χ3n) is 5.95. The SMILES string of the molecule is CC1CCC=C2C(=O)CC3C(C3(C)C)C21C. The first kappa shape index (κ1) is 10.6. The molecule has 0 aromatic carbocycles. The molecule has 4 atom stereocenters. The van der Waals surface area contributed by atoms with Crippen LogP contribution in [0.5, 0.6) is 0 Å². The second-order valence-corrected chi connectivity index (χ2v) is 6.91. The van der Waals surface area contributed by atoms with Crippen LogP contribution in [0.1, 0.15) is 47.0 Å². The number of carbonyl (C=O) groups excluding carboxylic acids is 1. The minimum absolute atomic E-state index is 0.182. The molecule has 0 aromatic heterocycles. The Morgan fingerprint density at radius 2 is 2.00 bits per heavy atom. The lowest BCUT2D eigenvalue weighted by Gasteiger charge is -2.44. The summed E-state index contributed by atoms with van der Waals surface area (Å²) in [6.45, 7) is 9.40. The van der Waals surface area contributed by atoms with E-state index in [0.29, 0.717) is 23.0 Å². The van der Waals surface area contributed by atoms with Crippen molar-refractivity contribution in [1.29, 1.82) is 0 Å². The van der Waals surface area contributed by atoms with Crippen LogP contribution in [0.3, 0.4) is 0 Å². The predicted octanol–water partition coefficient (Wildman–Crippen LogP) is 3.59. The van der Waals surface area contributed by atoms with Crippen LogP contribution in [0, 0.1) is 28.6 Å². The molecule has 0 aromatic rings. The molecule has 0 N–H and O–H groups in total. The van der Waals surface area contributed by atoms with Crippen molar-refractivity contribution in [2.24, 2.45) is 28.6 Å². The average molecular weight is 218 g/mol. The normalized spacial score (nSPS) is 49.1. The van der Waals surface area contributed by atoms with E-state index < -0.39 is 0 Å². The van der Waals surface area contributed by atoms with Crippen LogP contribution in [-0.2, 0) is 4.79 Å². The van der Waals surface area contributed by atoms with Crippen molar-refractivity contribution in [1.82, 2.24) is 0 Å². The summed E-state index contributed by atoms with van der Waals surface area (Å²) in [5.41, 5.74) is 1.76. The maximum Gasteiger partial charge on any atom is 0.159 e. The van der Waals surface area contributed by atoms with E-state index in [9.17, 15) is 4.79 Å². The minimum Gasteiger partial charge on any atom is -0.295 e. The first-order valence-electron chi connectivity index (χ1n) is 6.64. The number of hydrogen-bond donors (Lipinski definition) is 0. The van der Waals surface area contributed by atoms with Gasteiger partial charge in [-0.3, -0.25) is 4.79 Å². The van der Waals surface area contributed by atoms with Crippen molar-refractivity contribution in [2.45, 2.75) is 47.0 Å². The molecule has 0 radical (unpaired) electrons. The summed E-state index contributed by atoms with van der Waals surface area (Å²) in [4.78, 5) is 12.2. The van der Waals surface area contributed by atoms with E-state index in [2.05, 4.69) is 33.8 Å². The molecule has 0 amide bonds. The Balaban J connectivity index is 2.11. The molecule has 88 valence electrons. The van der Waals surface area contributed by atoms with Gasteiger partial charge in [0.2, 0.25) is 0 Å². The van der Waals surface area contributed by atoms with Crippen LogP contribution in [0.15, 0.2) is 11.6 Å². The van der Waals surface area contributed by atoms with Gasteiger partial charge in [-0.2, -0.15) is 0 Å². The first-order valence-corrected chi connectivity index (χ1v) is 6.64. The molecule has 0 aliphatic heterocycles. The summed E-state index contributed by atoms with van der Waals surface area (Å²) in [7, 11) is 0. The fourth-order valence-electron chi connectivity index (χ4n) is 4.78. The van der Waals surface area contributed by atoms with Crippen LogP contribution < -0.4 is 0 Å². The zero-order valence-corrected chi connectivity index (χ0v) is 10.8. The highest BCUT2D eigenvalue weighted by Gasteiger charge is 2.70. The number of fused-ring (bicyclic) bond motifs is 3. The number of hydrogen-bond acceptors (Lipinski definition) is 1. The lowest BCUT2D eigenvalue weighted by atomic mass is 9.59. The lowest BCUT2D eigenvalue weighted by molar-refractivity contribution is -0.119. The Morgan fingerprint density at radius 1 is 1.31 bits per heavy atom. The van der Waals surface area contributed by atoms with Crippen molar-refractivity contribution in [3.8, 4) is 0 Å². The largest absolute Gasteiger partial charge is 0.295 e. The van der Waals surface area contributed by atoms with E-state index in [-0.39, 0.29) is 5.41 Å². The van der Waals surface area contributed by atoms with Gasteiger partial charge in [0.15, 0.2) is 5.78 Å². The van der Waals surface area contributed by atoms with Crippen LogP contribution in [0.25, 0.3) is 0 Å². The minimum atomic E-state index is 0.182. The van der Waals surface area contributed by atoms with Gasteiger partial charge in [-0.05, 0) is 41.6 Å². The molecule has 0 spiro atoms. The van der Waals surface area contributed by atoms with Gasteiger partial charge in [-0.25, -0.2) is 0 Å². The highest BCUT2D eigenvalue weighted by atomic mass is 16.1. The molecule has 1 heteroatoms. The second kappa shape index (κ2) is 2.80. The van der Waals surface area contributed by atoms with Gasteiger partial charge in [0.25, 0.3) is 0 Å². The molecule has 3 aliphatic rings. The summed E-state index contributed by atoms with van der Waals surface area (Å²) in [6, 6.07) is 0. The van der Waals surface area contributed by atoms with Crippen LogP contribution in [0.4, 0.5) is 0 Å². The zero-order chi connectivity index (χ0) is 11.7. The predicted molar refractivity (Wildman–Crippen MR) is 65.0 cm³/mol. The molecular formula is C15H22O. The number of ketones is 1. The number of Topliss-reactive ketones (excluding diaryl/α,β-unsaturated/α-hetero) is 1. The molecular weight excluding hydrogens is 196 g/mol. The molecule has 0 heterocycles. The third-order valence-corrected chi connectivity index (χ3v) is 5.95. The molecule has 2 saturated carbocycles. The molecule has 1 nitrogen and oxygen atoms in total. The summed E-state index contributed by atoms with van der Waals surface area (Å²) < 4.78 is 0. The van der Waals surface area contributed by atoms with Gasteiger partial charge < -0.3 is 0 Å². The molecule has 4 unspecified atom stereocenters. The topological polar surface area (TPSA) is 17.1 Å². The zero-order valence-electron chi connectivity index (χ0n) is 10.8. The van der Waals surface area contributed by atoms with Gasteiger partial charge in [0, 0.05) is 11.8 Å². The van der Waals surface area contributed by atoms with Gasteiger partial charge in [0.05, 0.1) is 0 Å². The van der Waals surface area contributed by atoms with Crippen molar-refractivity contribution < 1.29 is 4.79 Å². The van der Waals surface area contributed by atoms with Crippen LogP contribution in [0.2, 0.25) is 0 Å². The summed E-state index contributed by atoms with van der Waals surface area (Å²) in [6.07, 6.45) is 5.42. The Kier molecular flexibility index (Phi) is 1.85. The van der Waals surface area contributed by atoms with Gasteiger partial charge in [0.1, 0.15) is 0 Å². The molecule has 0 bridgehead atoms. The molecule has 0 saturated heterocycles. The Hall–Kier alpha value is -0.590. The van der Waals surface area contributed by atoms with E-state index >= 15 is 0 Å². The monoisotopic (exact) mass is 218 g/mol. The maximum atomic E-state index is 12.2. The fourth-order valence-corrected chi connectivity index (χ4v) is 4.78. The maximum absolute atomic E-state index is 12.2. The highest BCUT2D eigenvalue weighted by molar-refractivity contribution is 5.98. The third kappa shape index (κ3) is 1.00. The van der Waals surface area contributed by atoms with E-state index in [1.54, 1.807) is 0 Å². The molecule has 16 heavy (non-hydrogen) atoms. The summed E-state index contributed by atoms with van der Waals surface area (Å²) >= 11 is 0. The highest BCUT2D eigenvalue weighted by Crippen LogP contribution is 2.74. The second-order valence-electron chi connectivity index (χ2n) is 6.91. The van der Waals surface area contributed by atoms with Gasteiger partial charge in [-0.1, -0.05) is 33.8 Å². The van der Waals surface area contributed by atoms with E-state index in [1.165, 1.54) is 12.0 Å².